The molecule has 2 heteroatoms. The Morgan fingerprint density at radius 2 is 2.07 bits per heavy atom. The molecule has 2 nitrogen and oxygen atoms in total. The lowest BCUT2D eigenvalue weighted by Gasteiger charge is -2.09. The van der Waals surface area contributed by atoms with Crippen LogP contribution in [0, 0.1) is 11.3 Å². The van der Waals surface area contributed by atoms with Gasteiger partial charge in [0.05, 0.1) is 11.5 Å². The summed E-state index contributed by atoms with van der Waals surface area (Å²) in [5.41, 5.74) is 3.92. The van der Waals surface area contributed by atoms with Gasteiger partial charge in [-0.15, -0.1) is 0 Å². The number of hydrogen-bond donors (Lipinski definition) is 1. The highest BCUT2D eigenvalue weighted by atomic mass is 14.8. The largest absolute Gasteiger partial charge is 0.361 e. The van der Waals surface area contributed by atoms with Crippen LogP contribution in [0.25, 0.3) is 0 Å². The Bertz CT molecular complexity index is 381. The smallest absolute Gasteiger partial charge is 0.0972 e. The van der Waals surface area contributed by atoms with E-state index in [1.807, 2.05) is 0 Å². The molecule has 1 heterocycles. The fraction of sp³-hybridized carbons (Fsp3) is 0.583. The second-order valence-corrected chi connectivity index (χ2v) is 4.59. The fourth-order valence-electron chi connectivity index (χ4n) is 2.43. The Labute approximate surface area is 83.9 Å². The van der Waals surface area contributed by atoms with Crippen LogP contribution in [0.1, 0.15) is 42.6 Å². The summed E-state index contributed by atoms with van der Waals surface area (Å²) in [7, 11) is 0. The van der Waals surface area contributed by atoms with Gasteiger partial charge in [0.1, 0.15) is 0 Å². The zero-order valence-electron chi connectivity index (χ0n) is 8.27. The van der Waals surface area contributed by atoms with E-state index in [-0.39, 0.29) is 5.41 Å². The van der Waals surface area contributed by atoms with Crippen molar-refractivity contribution in [2.45, 2.75) is 43.9 Å². The summed E-state index contributed by atoms with van der Waals surface area (Å²) < 4.78 is 0. The summed E-state index contributed by atoms with van der Waals surface area (Å²) in [5.74, 6) is 0. The van der Waals surface area contributed by atoms with Crippen molar-refractivity contribution < 1.29 is 0 Å². The number of H-pyrrole nitrogens is 1. The molecule has 1 fully saturated rings. The maximum Gasteiger partial charge on any atom is 0.0972 e. The van der Waals surface area contributed by atoms with E-state index >= 15 is 0 Å². The zero-order chi connectivity index (χ0) is 9.60. The number of nitrogens with one attached hydrogen (secondary N) is 1. The Morgan fingerprint density at radius 3 is 2.71 bits per heavy atom. The second-order valence-electron chi connectivity index (χ2n) is 4.59. The van der Waals surface area contributed by atoms with E-state index in [0.717, 1.165) is 12.8 Å². The summed E-state index contributed by atoms with van der Waals surface area (Å²) in [6, 6.07) is 4.69. The van der Waals surface area contributed by atoms with Crippen molar-refractivity contribution in [3.63, 3.8) is 0 Å². The predicted molar refractivity (Wildman–Crippen MR) is 54.0 cm³/mol. The molecule has 3 rings (SSSR count). The highest BCUT2D eigenvalue weighted by molar-refractivity contribution is 5.40. The standard InChI is InChI=1S/C12H14N2/c13-8-12(5-6-12)11-7-9-3-1-2-4-10(9)14-11/h7,14H,1-6H2. The highest BCUT2D eigenvalue weighted by Gasteiger charge is 2.46. The van der Waals surface area contributed by atoms with Crippen LogP contribution in [0.5, 0.6) is 0 Å². The van der Waals surface area contributed by atoms with E-state index < -0.39 is 0 Å². The van der Waals surface area contributed by atoms with Gasteiger partial charge in [-0.05, 0) is 50.2 Å². The molecule has 0 radical (unpaired) electrons. The van der Waals surface area contributed by atoms with Crippen molar-refractivity contribution in [1.29, 1.82) is 5.26 Å². The first-order valence-corrected chi connectivity index (χ1v) is 5.47. The molecule has 2 aliphatic rings. The lowest BCUT2D eigenvalue weighted by molar-refractivity contribution is 0.675. The van der Waals surface area contributed by atoms with Gasteiger partial charge in [-0.2, -0.15) is 5.26 Å². The third-order valence-corrected chi connectivity index (χ3v) is 3.59. The number of rotatable bonds is 1. The van der Waals surface area contributed by atoms with E-state index in [1.54, 1.807) is 0 Å². The van der Waals surface area contributed by atoms with Gasteiger partial charge in [0.15, 0.2) is 0 Å². The normalized spacial score (nSPS) is 22.5. The van der Waals surface area contributed by atoms with Crippen LogP contribution >= 0.6 is 0 Å². The summed E-state index contributed by atoms with van der Waals surface area (Å²) >= 11 is 0. The van der Waals surface area contributed by atoms with Crippen molar-refractivity contribution in [1.82, 2.24) is 4.98 Å². The first-order valence-electron chi connectivity index (χ1n) is 5.47. The summed E-state index contributed by atoms with van der Waals surface area (Å²) in [6.07, 6.45) is 7.08. The molecule has 1 aromatic heterocycles. The van der Waals surface area contributed by atoms with Gasteiger partial charge in [0, 0.05) is 11.4 Å². The molecule has 1 aromatic rings. The minimum atomic E-state index is -0.128. The molecule has 0 saturated heterocycles. The topological polar surface area (TPSA) is 39.6 Å². The molecule has 1 N–H and O–H groups in total. The predicted octanol–water partition coefficient (Wildman–Crippen LogP) is 2.45. The molecular formula is C12H14N2. The molecule has 72 valence electrons. The van der Waals surface area contributed by atoms with Crippen LogP contribution in [0.2, 0.25) is 0 Å². The molecule has 14 heavy (non-hydrogen) atoms. The van der Waals surface area contributed by atoms with Gasteiger partial charge in [0.25, 0.3) is 0 Å². The maximum atomic E-state index is 9.10. The van der Waals surface area contributed by atoms with Crippen LogP contribution in [0.15, 0.2) is 6.07 Å². The monoisotopic (exact) mass is 186 g/mol. The van der Waals surface area contributed by atoms with Gasteiger partial charge in [-0.1, -0.05) is 0 Å². The van der Waals surface area contributed by atoms with Gasteiger partial charge in [-0.3, -0.25) is 0 Å². The van der Waals surface area contributed by atoms with Crippen LogP contribution in [0.4, 0.5) is 0 Å². The third-order valence-electron chi connectivity index (χ3n) is 3.59. The van der Waals surface area contributed by atoms with Crippen LogP contribution in [0.3, 0.4) is 0 Å². The number of aromatic amines is 1. The van der Waals surface area contributed by atoms with Crippen molar-refractivity contribution in [2.75, 3.05) is 0 Å². The van der Waals surface area contributed by atoms with E-state index in [0.29, 0.717) is 0 Å². The molecule has 0 aromatic carbocycles. The number of nitriles is 1. The second kappa shape index (κ2) is 2.63. The molecule has 2 aliphatic carbocycles. The van der Waals surface area contributed by atoms with Crippen molar-refractivity contribution in [3.05, 3.63) is 23.0 Å². The Kier molecular flexibility index (Phi) is 1.53. The third kappa shape index (κ3) is 1.02. The van der Waals surface area contributed by atoms with Gasteiger partial charge in [0.2, 0.25) is 0 Å². The van der Waals surface area contributed by atoms with Crippen molar-refractivity contribution in [3.8, 4) is 6.07 Å². The first-order chi connectivity index (χ1) is 6.84. The number of aromatic nitrogens is 1. The minimum absolute atomic E-state index is 0.128. The van der Waals surface area contributed by atoms with E-state index in [2.05, 4.69) is 17.1 Å². The lowest BCUT2D eigenvalue weighted by atomic mass is 9.97. The fourth-order valence-corrected chi connectivity index (χ4v) is 2.43. The Morgan fingerprint density at radius 1 is 1.29 bits per heavy atom. The Balaban J connectivity index is 2.01. The van der Waals surface area contributed by atoms with E-state index in [1.165, 1.54) is 42.6 Å². The molecule has 0 unspecified atom stereocenters. The molecule has 0 amide bonds. The maximum absolute atomic E-state index is 9.10. The first kappa shape index (κ1) is 8.11. The molecule has 0 bridgehead atoms. The molecule has 0 spiro atoms. The summed E-state index contributed by atoms with van der Waals surface area (Å²) in [5, 5.41) is 9.10. The lowest BCUT2D eigenvalue weighted by Crippen LogP contribution is -2.03. The molecule has 1 saturated carbocycles. The van der Waals surface area contributed by atoms with Crippen molar-refractivity contribution in [2.24, 2.45) is 0 Å². The van der Waals surface area contributed by atoms with Crippen molar-refractivity contribution >= 4 is 0 Å². The average molecular weight is 186 g/mol. The zero-order valence-corrected chi connectivity index (χ0v) is 8.27. The average Bonchev–Trinajstić information content (AvgIpc) is 2.91. The number of fused-ring (bicyclic) bond motifs is 1. The quantitative estimate of drug-likeness (QED) is 0.719. The SMILES string of the molecule is N#CC1(c2cc3c([nH]2)CCCC3)CC1. The summed E-state index contributed by atoms with van der Waals surface area (Å²) in [4.78, 5) is 3.46. The molecule has 0 atom stereocenters. The van der Waals surface area contributed by atoms with Crippen LogP contribution in [-0.2, 0) is 18.3 Å². The number of nitrogens with zero attached hydrogens (tertiary/aromatic N) is 1. The van der Waals surface area contributed by atoms with Gasteiger partial charge >= 0.3 is 0 Å². The Hall–Kier alpha value is -1.23. The van der Waals surface area contributed by atoms with E-state index in [4.69, 9.17) is 5.26 Å². The molecular weight excluding hydrogens is 172 g/mol. The number of hydrogen-bond acceptors (Lipinski definition) is 1. The van der Waals surface area contributed by atoms with Gasteiger partial charge in [-0.25, -0.2) is 0 Å². The van der Waals surface area contributed by atoms with E-state index in [9.17, 15) is 0 Å². The molecule has 0 aliphatic heterocycles. The van der Waals surface area contributed by atoms with Gasteiger partial charge < -0.3 is 4.98 Å². The summed E-state index contributed by atoms with van der Waals surface area (Å²) in [6.45, 7) is 0. The van der Waals surface area contributed by atoms with Crippen LogP contribution in [-0.4, -0.2) is 4.98 Å². The minimum Gasteiger partial charge on any atom is -0.361 e. The number of aryl methyl sites for hydroxylation is 2. The van der Waals surface area contributed by atoms with Crippen LogP contribution < -0.4 is 0 Å². The highest BCUT2D eigenvalue weighted by Crippen LogP contribution is 2.47.